The Morgan fingerprint density at radius 3 is 2.37 bits per heavy atom. The molecule has 1 aromatic carbocycles. The van der Waals surface area contributed by atoms with E-state index in [0.717, 1.165) is 24.5 Å². The molecule has 27 heavy (non-hydrogen) atoms. The van der Waals surface area contributed by atoms with Crippen LogP contribution in [-0.2, 0) is 10.1 Å². The summed E-state index contributed by atoms with van der Waals surface area (Å²) < 4.78 is 68.3. The monoisotopic (exact) mass is 402 g/mol. The highest BCUT2D eigenvalue weighted by atomic mass is 32.2. The van der Waals surface area contributed by atoms with Crippen molar-refractivity contribution in [1.82, 2.24) is 0 Å². The minimum absolute atomic E-state index is 0.0334. The van der Waals surface area contributed by atoms with Gasteiger partial charge in [-0.25, -0.2) is 0 Å². The second-order valence-electron chi connectivity index (χ2n) is 4.68. The highest BCUT2D eigenvalue weighted by Crippen LogP contribution is 2.28. The molecule has 9 heteroatoms. The molecule has 0 aliphatic rings. The third-order valence-electron chi connectivity index (χ3n) is 3.06. The zero-order valence-corrected chi connectivity index (χ0v) is 15.4. The van der Waals surface area contributed by atoms with Crippen LogP contribution < -0.4 is 9.61 Å². The molecule has 5 nitrogen and oxygen atoms in total. The number of benzene rings is 1. The summed E-state index contributed by atoms with van der Waals surface area (Å²) in [4.78, 5) is 12.4. The number of allylic oxidation sites excluding steroid dienone is 4. The van der Waals surface area contributed by atoms with Crippen molar-refractivity contribution in [1.29, 1.82) is 0 Å². The number of fused-ring (bicyclic) bond motifs is 1. The first-order chi connectivity index (χ1) is 12.6. The highest BCUT2D eigenvalue weighted by molar-refractivity contribution is 7.88. The summed E-state index contributed by atoms with van der Waals surface area (Å²) in [6, 6.07) is 2.92. The number of hydrogen-bond donors (Lipinski definition) is 0. The third-order valence-corrected chi connectivity index (χ3v) is 4.04. The Bertz CT molecular complexity index is 1030. The minimum Gasteiger partial charge on any atom is -0.463 e. The van der Waals surface area contributed by atoms with Gasteiger partial charge in [-0.3, -0.25) is 4.79 Å². The third kappa shape index (κ3) is 4.88. The van der Waals surface area contributed by atoms with Crippen molar-refractivity contribution in [3.8, 4) is 5.75 Å². The van der Waals surface area contributed by atoms with E-state index in [-0.39, 0.29) is 16.5 Å². The quantitative estimate of drug-likeness (QED) is 0.408. The normalized spacial score (nSPS) is 12.1. The van der Waals surface area contributed by atoms with Crippen LogP contribution >= 0.6 is 0 Å². The molecule has 1 heterocycles. The fourth-order valence-corrected chi connectivity index (χ4v) is 2.38. The molecule has 0 fully saturated rings. The molecule has 0 amide bonds. The number of alkyl halides is 3. The summed E-state index contributed by atoms with van der Waals surface area (Å²) >= 11 is 0. The molecule has 0 spiro atoms. The standard InChI is InChI=1S/C16H11F3O5S.C2H6/c1-3-5-10(4-2)13-9-23-14-8-11(6-7-12(14)15(13)20)24-25(21,22)16(17,18)19;1-2/h3-9H,1-2H2;1-2H3/b10-5+;. The Balaban J connectivity index is 0.00000176. The van der Waals surface area contributed by atoms with Gasteiger partial charge in [0.2, 0.25) is 0 Å². The maximum Gasteiger partial charge on any atom is 0.534 e. The average molecular weight is 402 g/mol. The van der Waals surface area contributed by atoms with Gasteiger partial charge >= 0.3 is 15.6 Å². The second-order valence-corrected chi connectivity index (χ2v) is 6.22. The molecule has 0 saturated heterocycles. The van der Waals surface area contributed by atoms with Gasteiger partial charge in [0.05, 0.1) is 10.9 Å². The van der Waals surface area contributed by atoms with Crippen LogP contribution in [0.25, 0.3) is 16.5 Å². The Labute approximate surface area is 154 Å². The fourth-order valence-electron chi connectivity index (χ4n) is 1.93. The second kappa shape index (κ2) is 8.72. The van der Waals surface area contributed by atoms with Gasteiger partial charge in [0.25, 0.3) is 0 Å². The first-order valence-corrected chi connectivity index (χ1v) is 9.03. The zero-order valence-electron chi connectivity index (χ0n) is 14.5. The molecule has 146 valence electrons. The Kier molecular flexibility index (Phi) is 7.18. The molecule has 0 unspecified atom stereocenters. The summed E-state index contributed by atoms with van der Waals surface area (Å²) in [6.45, 7) is 11.1. The van der Waals surface area contributed by atoms with E-state index in [9.17, 15) is 26.4 Å². The maximum absolute atomic E-state index is 12.4. The van der Waals surface area contributed by atoms with Crippen molar-refractivity contribution >= 4 is 26.7 Å². The van der Waals surface area contributed by atoms with Crippen LogP contribution in [-0.4, -0.2) is 13.9 Å². The van der Waals surface area contributed by atoms with Gasteiger partial charge in [-0.2, -0.15) is 21.6 Å². The molecule has 1 aromatic heterocycles. The molecule has 0 radical (unpaired) electrons. The SMILES string of the molecule is C=C/C=C(\C=C)c1coc2cc(OS(=O)(=O)C(F)(F)F)ccc2c1=O.CC. The van der Waals surface area contributed by atoms with E-state index in [1.807, 2.05) is 13.8 Å². The molecule has 0 bridgehead atoms. The molecule has 0 aliphatic carbocycles. The lowest BCUT2D eigenvalue weighted by molar-refractivity contribution is -0.0500. The van der Waals surface area contributed by atoms with Crippen LogP contribution in [0, 0.1) is 0 Å². The van der Waals surface area contributed by atoms with E-state index in [4.69, 9.17) is 4.42 Å². The molecule has 0 aliphatic heterocycles. The lowest BCUT2D eigenvalue weighted by Crippen LogP contribution is -2.28. The van der Waals surface area contributed by atoms with Crippen molar-refractivity contribution in [2.75, 3.05) is 0 Å². The number of hydrogen-bond acceptors (Lipinski definition) is 5. The zero-order chi connectivity index (χ0) is 20.8. The van der Waals surface area contributed by atoms with Gasteiger partial charge in [0.1, 0.15) is 17.6 Å². The van der Waals surface area contributed by atoms with Crippen LogP contribution in [0.2, 0.25) is 0 Å². The topological polar surface area (TPSA) is 73.6 Å². The fraction of sp³-hybridized carbons (Fsp3) is 0.167. The first-order valence-electron chi connectivity index (χ1n) is 7.62. The van der Waals surface area contributed by atoms with Crippen LogP contribution in [0.3, 0.4) is 0 Å². The molecular formula is C18H17F3O5S. The molecule has 0 atom stereocenters. The van der Waals surface area contributed by atoms with Gasteiger partial charge in [-0.15, -0.1) is 0 Å². The molecular weight excluding hydrogens is 385 g/mol. The molecule has 2 rings (SSSR count). The lowest BCUT2D eigenvalue weighted by atomic mass is 10.1. The number of rotatable bonds is 5. The smallest absolute Gasteiger partial charge is 0.463 e. The summed E-state index contributed by atoms with van der Waals surface area (Å²) in [5, 5.41) is 0.0334. The predicted octanol–water partition coefficient (Wildman–Crippen LogP) is 4.80. The largest absolute Gasteiger partial charge is 0.534 e. The van der Waals surface area contributed by atoms with Gasteiger partial charge < -0.3 is 8.60 Å². The van der Waals surface area contributed by atoms with Gasteiger partial charge in [-0.05, 0) is 17.7 Å². The molecule has 0 saturated carbocycles. The Hall–Kier alpha value is -2.81. The van der Waals surface area contributed by atoms with E-state index in [1.54, 1.807) is 0 Å². The summed E-state index contributed by atoms with van der Waals surface area (Å²) in [7, 11) is -5.82. The Morgan fingerprint density at radius 1 is 1.22 bits per heavy atom. The predicted molar refractivity (Wildman–Crippen MR) is 97.8 cm³/mol. The van der Waals surface area contributed by atoms with Crippen LogP contribution in [0.4, 0.5) is 13.2 Å². The van der Waals surface area contributed by atoms with E-state index < -0.39 is 26.8 Å². The molecule has 0 N–H and O–H groups in total. The summed E-state index contributed by atoms with van der Waals surface area (Å²) in [5.41, 5.74) is -5.57. The molecule has 2 aromatic rings. The van der Waals surface area contributed by atoms with E-state index in [0.29, 0.717) is 5.57 Å². The van der Waals surface area contributed by atoms with Crippen molar-refractivity contribution in [2.45, 2.75) is 19.4 Å². The van der Waals surface area contributed by atoms with E-state index >= 15 is 0 Å². The van der Waals surface area contributed by atoms with Crippen LogP contribution in [0.1, 0.15) is 19.4 Å². The van der Waals surface area contributed by atoms with Crippen molar-refractivity contribution in [3.63, 3.8) is 0 Å². The first kappa shape index (κ1) is 22.2. The van der Waals surface area contributed by atoms with Gasteiger partial charge in [0.15, 0.2) is 5.43 Å². The maximum atomic E-state index is 12.4. The van der Waals surface area contributed by atoms with Crippen molar-refractivity contribution < 1.29 is 30.2 Å². The van der Waals surface area contributed by atoms with Gasteiger partial charge in [-0.1, -0.05) is 45.2 Å². The Morgan fingerprint density at radius 2 is 1.85 bits per heavy atom. The number of halogens is 3. The van der Waals surface area contributed by atoms with E-state index in [1.165, 1.54) is 18.2 Å². The lowest BCUT2D eigenvalue weighted by Gasteiger charge is -2.10. The van der Waals surface area contributed by atoms with Crippen LogP contribution in [0.5, 0.6) is 5.75 Å². The minimum atomic E-state index is -5.82. The van der Waals surface area contributed by atoms with Gasteiger partial charge in [0, 0.05) is 6.07 Å². The van der Waals surface area contributed by atoms with Crippen molar-refractivity contribution in [2.24, 2.45) is 0 Å². The highest BCUT2D eigenvalue weighted by Gasteiger charge is 2.48. The summed E-state index contributed by atoms with van der Waals surface area (Å²) in [5.74, 6) is -0.633. The van der Waals surface area contributed by atoms with Crippen molar-refractivity contribution in [3.05, 3.63) is 71.6 Å². The average Bonchev–Trinajstić information content (AvgIpc) is 2.61. The summed E-state index contributed by atoms with van der Waals surface area (Å²) in [6.07, 6.45) is 5.47. The van der Waals surface area contributed by atoms with E-state index in [2.05, 4.69) is 17.3 Å². The van der Waals surface area contributed by atoms with Crippen LogP contribution in [0.15, 0.2) is 65.1 Å².